The van der Waals surface area contributed by atoms with E-state index in [-0.39, 0.29) is 17.3 Å². The lowest BCUT2D eigenvalue weighted by molar-refractivity contribution is -0.125. The van der Waals surface area contributed by atoms with E-state index in [1.807, 2.05) is 18.2 Å². The number of hydrogen-bond acceptors (Lipinski definition) is 3. The highest BCUT2D eigenvalue weighted by molar-refractivity contribution is 5.89. The van der Waals surface area contributed by atoms with Crippen LogP contribution in [0.15, 0.2) is 30.3 Å². The van der Waals surface area contributed by atoms with Gasteiger partial charge in [0.05, 0.1) is 12.2 Å². The van der Waals surface area contributed by atoms with Crippen LogP contribution >= 0.6 is 0 Å². The summed E-state index contributed by atoms with van der Waals surface area (Å²) in [5, 5.41) is 0. The van der Waals surface area contributed by atoms with Gasteiger partial charge in [-0.15, -0.1) is 0 Å². The highest BCUT2D eigenvalue weighted by atomic mass is 16.5. The molecule has 124 valence electrons. The first-order valence-electron chi connectivity index (χ1n) is 8.75. The Morgan fingerprint density at radius 3 is 2.61 bits per heavy atom. The molecule has 0 aliphatic heterocycles. The topological polar surface area (TPSA) is 43.4 Å². The molecular weight excluding hydrogens is 288 g/mol. The SMILES string of the molecule is CC(=O)[C@H]1CCC2[C@H](COC(=O)c3ccccc3)CCC[C@@]21C. The van der Waals surface area contributed by atoms with Crippen molar-refractivity contribution in [3.8, 4) is 0 Å². The van der Waals surface area contributed by atoms with Crippen molar-refractivity contribution in [2.24, 2.45) is 23.2 Å². The molecule has 2 aliphatic rings. The van der Waals surface area contributed by atoms with Gasteiger partial charge in [0, 0.05) is 5.92 Å². The Morgan fingerprint density at radius 1 is 1.17 bits per heavy atom. The predicted molar refractivity (Wildman–Crippen MR) is 89.1 cm³/mol. The van der Waals surface area contributed by atoms with Crippen LogP contribution in [0.2, 0.25) is 0 Å². The number of fused-ring (bicyclic) bond motifs is 1. The van der Waals surface area contributed by atoms with Crippen molar-refractivity contribution in [3.63, 3.8) is 0 Å². The number of ether oxygens (including phenoxy) is 1. The fourth-order valence-corrected chi connectivity index (χ4v) is 5.05. The first-order chi connectivity index (χ1) is 11.0. The normalized spacial score (nSPS) is 33.0. The smallest absolute Gasteiger partial charge is 0.338 e. The van der Waals surface area contributed by atoms with Crippen molar-refractivity contribution in [1.82, 2.24) is 0 Å². The standard InChI is InChI=1S/C20H26O3/c1-14(21)17-10-11-18-16(9-6-12-20(17,18)2)13-23-19(22)15-7-4-3-5-8-15/h3-5,7-8,16-18H,6,9-13H2,1-2H3/t16-,17+,18?,20+/m0/s1. The van der Waals surface area contributed by atoms with Crippen molar-refractivity contribution < 1.29 is 14.3 Å². The quantitative estimate of drug-likeness (QED) is 0.780. The number of Topliss-reactive ketones (excluding diaryl/α,β-unsaturated/α-hetero) is 1. The molecule has 2 fully saturated rings. The third-order valence-corrected chi connectivity index (χ3v) is 6.20. The molecular formula is C20H26O3. The highest BCUT2D eigenvalue weighted by Crippen LogP contribution is 2.57. The van der Waals surface area contributed by atoms with E-state index in [1.165, 1.54) is 0 Å². The predicted octanol–water partition coefficient (Wildman–Crippen LogP) is 4.27. The summed E-state index contributed by atoms with van der Waals surface area (Å²) in [6.45, 7) is 4.50. The van der Waals surface area contributed by atoms with E-state index in [2.05, 4.69) is 6.92 Å². The van der Waals surface area contributed by atoms with Crippen LogP contribution in [0.4, 0.5) is 0 Å². The van der Waals surface area contributed by atoms with Gasteiger partial charge in [0.15, 0.2) is 0 Å². The number of carbonyl (C=O) groups is 2. The van der Waals surface area contributed by atoms with Gasteiger partial charge in [0.2, 0.25) is 0 Å². The van der Waals surface area contributed by atoms with E-state index in [1.54, 1.807) is 19.1 Å². The zero-order chi connectivity index (χ0) is 16.4. The first kappa shape index (κ1) is 16.2. The summed E-state index contributed by atoms with van der Waals surface area (Å²) in [4.78, 5) is 24.1. The molecule has 23 heavy (non-hydrogen) atoms. The molecule has 0 aromatic heterocycles. The second-order valence-corrected chi connectivity index (χ2v) is 7.47. The Kier molecular flexibility index (Phi) is 4.56. The minimum absolute atomic E-state index is 0.105. The van der Waals surface area contributed by atoms with E-state index in [9.17, 15) is 9.59 Å². The van der Waals surface area contributed by atoms with Crippen molar-refractivity contribution in [1.29, 1.82) is 0 Å². The largest absolute Gasteiger partial charge is 0.462 e. The van der Waals surface area contributed by atoms with E-state index < -0.39 is 0 Å². The molecule has 3 heteroatoms. The number of hydrogen-bond donors (Lipinski definition) is 0. The Hall–Kier alpha value is -1.64. The van der Waals surface area contributed by atoms with E-state index in [0.717, 1.165) is 32.1 Å². The van der Waals surface area contributed by atoms with Crippen LogP contribution in [0.25, 0.3) is 0 Å². The van der Waals surface area contributed by atoms with Crippen LogP contribution in [-0.2, 0) is 9.53 Å². The maximum Gasteiger partial charge on any atom is 0.338 e. The van der Waals surface area contributed by atoms with Gasteiger partial charge in [-0.2, -0.15) is 0 Å². The zero-order valence-electron chi connectivity index (χ0n) is 14.1. The number of esters is 1. The molecule has 1 aromatic carbocycles. The van der Waals surface area contributed by atoms with E-state index in [0.29, 0.717) is 29.8 Å². The maximum absolute atomic E-state index is 12.2. The summed E-state index contributed by atoms with van der Waals surface area (Å²) in [6, 6.07) is 9.17. The molecule has 4 atom stereocenters. The van der Waals surface area contributed by atoms with Gasteiger partial charge in [-0.25, -0.2) is 4.79 Å². The minimum Gasteiger partial charge on any atom is -0.462 e. The van der Waals surface area contributed by atoms with E-state index in [4.69, 9.17) is 4.74 Å². The number of rotatable bonds is 4. The van der Waals surface area contributed by atoms with Crippen molar-refractivity contribution in [3.05, 3.63) is 35.9 Å². The van der Waals surface area contributed by atoms with Crippen molar-refractivity contribution in [2.75, 3.05) is 6.61 Å². The summed E-state index contributed by atoms with van der Waals surface area (Å²) in [6.07, 6.45) is 5.45. The van der Waals surface area contributed by atoms with Crippen LogP contribution in [0.3, 0.4) is 0 Å². The van der Waals surface area contributed by atoms with Gasteiger partial charge in [0.1, 0.15) is 5.78 Å². The summed E-state index contributed by atoms with van der Waals surface area (Å²) in [5.74, 6) is 1.19. The fraction of sp³-hybridized carbons (Fsp3) is 0.600. The van der Waals surface area contributed by atoms with Crippen molar-refractivity contribution >= 4 is 11.8 Å². The Balaban J connectivity index is 1.65. The van der Waals surface area contributed by atoms with Gasteiger partial charge in [-0.1, -0.05) is 31.5 Å². The van der Waals surface area contributed by atoms with Crippen LogP contribution in [0, 0.1) is 23.2 Å². The minimum atomic E-state index is -0.237. The second kappa shape index (κ2) is 6.46. The fourth-order valence-electron chi connectivity index (χ4n) is 5.05. The van der Waals surface area contributed by atoms with Crippen LogP contribution < -0.4 is 0 Å². The van der Waals surface area contributed by atoms with Gasteiger partial charge >= 0.3 is 5.97 Å². The monoisotopic (exact) mass is 314 g/mol. The number of benzene rings is 1. The lowest BCUT2D eigenvalue weighted by Gasteiger charge is -2.44. The Morgan fingerprint density at radius 2 is 1.91 bits per heavy atom. The molecule has 1 unspecified atom stereocenters. The molecule has 0 radical (unpaired) electrons. The van der Waals surface area contributed by atoms with Crippen LogP contribution in [-0.4, -0.2) is 18.4 Å². The van der Waals surface area contributed by atoms with Gasteiger partial charge in [-0.05, 0) is 62.0 Å². The molecule has 0 N–H and O–H groups in total. The lowest BCUT2D eigenvalue weighted by Crippen LogP contribution is -2.40. The Bertz CT molecular complexity index is 580. The van der Waals surface area contributed by atoms with Crippen LogP contribution in [0.5, 0.6) is 0 Å². The maximum atomic E-state index is 12.2. The molecule has 0 spiro atoms. The molecule has 0 saturated heterocycles. The van der Waals surface area contributed by atoms with Crippen molar-refractivity contribution in [2.45, 2.75) is 46.0 Å². The molecule has 0 heterocycles. The van der Waals surface area contributed by atoms with Gasteiger partial charge < -0.3 is 4.74 Å². The number of ketones is 1. The molecule has 2 aliphatic carbocycles. The summed E-state index contributed by atoms with van der Waals surface area (Å²) in [7, 11) is 0. The third kappa shape index (κ3) is 3.06. The highest BCUT2D eigenvalue weighted by Gasteiger charge is 2.52. The molecule has 0 amide bonds. The molecule has 1 aromatic rings. The summed E-state index contributed by atoms with van der Waals surface area (Å²) < 4.78 is 5.59. The first-order valence-corrected chi connectivity index (χ1v) is 8.75. The molecule has 3 rings (SSSR count). The molecule has 0 bridgehead atoms. The summed E-state index contributed by atoms with van der Waals surface area (Å²) >= 11 is 0. The second-order valence-electron chi connectivity index (χ2n) is 7.47. The molecule has 2 saturated carbocycles. The van der Waals surface area contributed by atoms with Crippen LogP contribution in [0.1, 0.15) is 56.3 Å². The Labute approximate surface area is 138 Å². The molecule has 3 nitrogen and oxygen atoms in total. The zero-order valence-corrected chi connectivity index (χ0v) is 14.1. The average Bonchev–Trinajstić information content (AvgIpc) is 2.91. The average molecular weight is 314 g/mol. The van der Waals surface area contributed by atoms with Gasteiger partial charge in [-0.3, -0.25) is 4.79 Å². The number of carbonyl (C=O) groups excluding carboxylic acids is 2. The third-order valence-electron chi connectivity index (χ3n) is 6.20. The summed E-state index contributed by atoms with van der Waals surface area (Å²) in [5.41, 5.74) is 0.715. The van der Waals surface area contributed by atoms with E-state index >= 15 is 0 Å². The lowest BCUT2D eigenvalue weighted by atomic mass is 9.61. The van der Waals surface area contributed by atoms with Gasteiger partial charge in [0.25, 0.3) is 0 Å².